The highest BCUT2D eigenvalue weighted by molar-refractivity contribution is 5.92. The lowest BCUT2D eigenvalue weighted by Crippen LogP contribution is -2.31. The summed E-state index contributed by atoms with van der Waals surface area (Å²) in [5.74, 6) is 1.96. The van der Waals surface area contributed by atoms with Crippen LogP contribution in [0.1, 0.15) is 49.3 Å². The van der Waals surface area contributed by atoms with E-state index >= 15 is 0 Å². The number of carbonyl (C=O) groups excluding carboxylic acids is 1. The quantitative estimate of drug-likeness (QED) is 0.604. The number of ether oxygens (including phenoxy) is 2. The molecule has 1 aliphatic carbocycles. The van der Waals surface area contributed by atoms with Gasteiger partial charge in [-0.3, -0.25) is 4.79 Å². The van der Waals surface area contributed by atoms with Crippen molar-refractivity contribution in [2.24, 2.45) is 0 Å². The van der Waals surface area contributed by atoms with Crippen LogP contribution in [0.3, 0.4) is 0 Å². The lowest BCUT2D eigenvalue weighted by atomic mass is 10.0. The average molecular weight is 380 g/mol. The molecule has 1 amide bonds. The summed E-state index contributed by atoms with van der Waals surface area (Å²) in [6.45, 7) is 5.02. The Labute approximate surface area is 167 Å². The highest BCUT2D eigenvalue weighted by atomic mass is 16.5. The molecule has 0 aliphatic heterocycles. The summed E-state index contributed by atoms with van der Waals surface area (Å²) < 4.78 is 10.6. The Bertz CT molecular complexity index is 813. The Balaban J connectivity index is 1.72. The van der Waals surface area contributed by atoms with Gasteiger partial charge in [0.2, 0.25) is 5.91 Å². The number of amides is 1. The molecule has 2 aromatic carbocycles. The molecule has 0 radical (unpaired) electrons. The van der Waals surface area contributed by atoms with Crippen molar-refractivity contribution in [1.29, 1.82) is 0 Å². The predicted molar refractivity (Wildman–Crippen MR) is 113 cm³/mol. The van der Waals surface area contributed by atoms with E-state index in [0.29, 0.717) is 30.0 Å². The fraction of sp³-hybridized carbons (Fsp3) is 0.375. The van der Waals surface area contributed by atoms with Crippen LogP contribution in [0.4, 0.5) is 0 Å². The van der Waals surface area contributed by atoms with E-state index in [1.54, 1.807) is 20.3 Å². The second kappa shape index (κ2) is 8.96. The smallest absolute Gasteiger partial charge is 0.247 e. The maximum atomic E-state index is 12.9. The molecule has 4 heteroatoms. The van der Waals surface area contributed by atoms with Gasteiger partial charge in [0.05, 0.1) is 14.2 Å². The number of benzene rings is 2. The summed E-state index contributed by atoms with van der Waals surface area (Å²) in [5.41, 5.74) is 3.36. The molecule has 0 heterocycles. The molecule has 0 bridgehead atoms. The van der Waals surface area contributed by atoms with Gasteiger partial charge >= 0.3 is 0 Å². The fourth-order valence-electron chi connectivity index (χ4n) is 3.17. The first-order chi connectivity index (χ1) is 13.5. The largest absolute Gasteiger partial charge is 0.497 e. The zero-order valence-electron chi connectivity index (χ0n) is 17.1. The van der Waals surface area contributed by atoms with Crippen molar-refractivity contribution in [1.82, 2.24) is 4.90 Å². The first-order valence-electron chi connectivity index (χ1n) is 9.80. The predicted octanol–water partition coefficient (Wildman–Crippen LogP) is 5.03. The van der Waals surface area contributed by atoms with Crippen molar-refractivity contribution in [3.8, 4) is 11.5 Å². The van der Waals surface area contributed by atoms with Crippen LogP contribution in [-0.4, -0.2) is 31.1 Å². The summed E-state index contributed by atoms with van der Waals surface area (Å²) >= 11 is 0. The number of hydrogen-bond donors (Lipinski definition) is 0. The number of rotatable bonds is 8. The van der Waals surface area contributed by atoms with Gasteiger partial charge in [0.1, 0.15) is 11.5 Å². The summed E-state index contributed by atoms with van der Waals surface area (Å²) in [7, 11) is 3.24. The van der Waals surface area contributed by atoms with Crippen LogP contribution in [0.15, 0.2) is 48.5 Å². The van der Waals surface area contributed by atoms with Gasteiger partial charge in [0, 0.05) is 24.7 Å². The summed E-state index contributed by atoms with van der Waals surface area (Å²) in [4.78, 5) is 14.8. The monoisotopic (exact) mass is 379 g/mol. The summed E-state index contributed by atoms with van der Waals surface area (Å²) in [5, 5.41) is 0. The third-order valence-corrected chi connectivity index (χ3v) is 5.06. The maximum Gasteiger partial charge on any atom is 0.247 e. The third-order valence-electron chi connectivity index (χ3n) is 5.06. The molecular weight excluding hydrogens is 350 g/mol. The molecule has 1 saturated carbocycles. The van der Waals surface area contributed by atoms with E-state index in [-0.39, 0.29) is 5.91 Å². The Kier molecular flexibility index (Phi) is 6.40. The van der Waals surface area contributed by atoms with E-state index in [2.05, 4.69) is 38.1 Å². The van der Waals surface area contributed by atoms with E-state index in [9.17, 15) is 4.79 Å². The maximum absolute atomic E-state index is 12.9. The van der Waals surface area contributed by atoms with Crippen LogP contribution in [0, 0.1) is 0 Å². The molecule has 0 saturated heterocycles. The Morgan fingerprint density at radius 3 is 2.18 bits per heavy atom. The Morgan fingerprint density at radius 2 is 1.68 bits per heavy atom. The first kappa shape index (κ1) is 20.0. The molecule has 0 spiro atoms. The van der Waals surface area contributed by atoms with Gasteiger partial charge in [0.25, 0.3) is 0 Å². The number of methoxy groups -OCH3 is 2. The van der Waals surface area contributed by atoms with E-state index < -0.39 is 0 Å². The van der Waals surface area contributed by atoms with E-state index in [4.69, 9.17) is 9.47 Å². The summed E-state index contributed by atoms with van der Waals surface area (Å²) in [6.07, 6.45) is 5.63. The van der Waals surface area contributed by atoms with Crippen molar-refractivity contribution in [3.05, 3.63) is 65.2 Å². The molecule has 148 valence electrons. The second-order valence-electron chi connectivity index (χ2n) is 7.57. The van der Waals surface area contributed by atoms with Gasteiger partial charge in [-0.1, -0.05) is 38.1 Å². The molecule has 2 aromatic rings. The summed E-state index contributed by atoms with van der Waals surface area (Å²) in [6, 6.07) is 14.5. The standard InChI is InChI=1S/C24H29NO3/c1-17(2)20-8-5-18(6-9-20)16-25(21-10-11-21)24(26)12-7-19-13-22(27-3)15-23(14-19)28-4/h5-9,12-15,17,21H,10-11,16H2,1-4H3/b12-7+. The lowest BCUT2D eigenvalue weighted by molar-refractivity contribution is -0.127. The minimum absolute atomic E-state index is 0.0391. The van der Waals surface area contributed by atoms with Crippen molar-refractivity contribution < 1.29 is 14.3 Å². The van der Waals surface area contributed by atoms with E-state index in [0.717, 1.165) is 18.4 Å². The first-order valence-corrected chi connectivity index (χ1v) is 9.80. The molecular formula is C24H29NO3. The Hall–Kier alpha value is -2.75. The van der Waals surface area contributed by atoms with Crippen LogP contribution in [0.5, 0.6) is 11.5 Å². The molecule has 0 unspecified atom stereocenters. The number of hydrogen-bond acceptors (Lipinski definition) is 3. The van der Waals surface area contributed by atoms with Gasteiger partial charge < -0.3 is 14.4 Å². The Morgan fingerprint density at radius 1 is 1.07 bits per heavy atom. The van der Waals surface area contributed by atoms with Gasteiger partial charge in [0.15, 0.2) is 0 Å². The van der Waals surface area contributed by atoms with Gasteiger partial charge in [-0.15, -0.1) is 0 Å². The van der Waals surface area contributed by atoms with Gasteiger partial charge in [-0.05, 0) is 53.7 Å². The lowest BCUT2D eigenvalue weighted by Gasteiger charge is -2.21. The molecule has 28 heavy (non-hydrogen) atoms. The topological polar surface area (TPSA) is 38.8 Å². The van der Waals surface area contributed by atoms with Crippen LogP contribution >= 0.6 is 0 Å². The molecule has 0 N–H and O–H groups in total. The third kappa shape index (κ3) is 5.16. The normalized spacial score (nSPS) is 13.8. The molecule has 0 atom stereocenters. The fourth-order valence-corrected chi connectivity index (χ4v) is 3.17. The van der Waals surface area contributed by atoms with Gasteiger partial charge in [-0.25, -0.2) is 0 Å². The van der Waals surface area contributed by atoms with E-state index in [1.807, 2.05) is 29.2 Å². The zero-order chi connectivity index (χ0) is 20.1. The zero-order valence-corrected chi connectivity index (χ0v) is 17.1. The highest BCUT2D eigenvalue weighted by Crippen LogP contribution is 2.29. The van der Waals surface area contributed by atoms with Crippen molar-refractivity contribution in [2.45, 2.75) is 45.2 Å². The molecule has 0 aromatic heterocycles. The number of carbonyl (C=O) groups is 1. The van der Waals surface area contributed by atoms with Crippen LogP contribution in [0.2, 0.25) is 0 Å². The van der Waals surface area contributed by atoms with Crippen LogP contribution in [0.25, 0.3) is 6.08 Å². The number of nitrogens with zero attached hydrogens (tertiary/aromatic N) is 1. The molecule has 4 nitrogen and oxygen atoms in total. The minimum atomic E-state index is 0.0391. The minimum Gasteiger partial charge on any atom is -0.497 e. The highest BCUT2D eigenvalue weighted by Gasteiger charge is 2.31. The molecule has 1 aliphatic rings. The van der Waals surface area contributed by atoms with Crippen LogP contribution < -0.4 is 9.47 Å². The molecule has 3 rings (SSSR count). The SMILES string of the molecule is COc1cc(/C=C/C(=O)N(Cc2ccc(C(C)C)cc2)C2CC2)cc(OC)c1. The van der Waals surface area contributed by atoms with Gasteiger partial charge in [-0.2, -0.15) is 0 Å². The second-order valence-corrected chi connectivity index (χ2v) is 7.57. The average Bonchev–Trinajstić information content (AvgIpc) is 3.55. The van der Waals surface area contributed by atoms with Crippen LogP contribution in [-0.2, 0) is 11.3 Å². The van der Waals surface area contributed by atoms with E-state index in [1.165, 1.54) is 11.1 Å². The molecule has 1 fully saturated rings. The van der Waals surface area contributed by atoms with Crippen molar-refractivity contribution >= 4 is 12.0 Å². The van der Waals surface area contributed by atoms with Crippen molar-refractivity contribution in [3.63, 3.8) is 0 Å². The van der Waals surface area contributed by atoms with Crippen molar-refractivity contribution in [2.75, 3.05) is 14.2 Å².